The highest BCUT2D eigenvalue weighted by molar-refractivity contribution is 4.94. The third-order valence-corrected chi connectivity index (χ3v) is 3.09. The zero-order chi connectivity index (χ0) is 9.31. The van der Waals surface area contributed by atoms with Gasteiger partial charge in [-0.1, -0.05) is 13.8 Å². The molecule has 0 N–H and O–H groups in total. The van der Waals surface area contributed by atoms with Gasteiger partial charge in [0.2, 0.25) is 0 Å². The lowest BCUT2D eigenvalue weighted by atomic mass is 9.85. The second-order valence-electron chi connectivity index (χ2n) is 4.80. The van der Waals surface area contributed by atoms with Crippen LogP contribution in [0.2, 0.25) is 0 Å². The number of hydrogen-bond donors (Lipinski definition) is 0. The third kappa shape index (κ3) is 1.73. The molecule has 1 unspecified atom stereocenters. The van der Waals surface area contributed by atoms with Gasteiger partial charge in [-0.15, -0.1) is 0 Å². The highest BCUT2D eigenvalue weighted by Crippen LogP contribution is 2.35. The Labute approximate surface area is 80.6 Å². The fourth-order valence-corrected chi connectivity index (χ4v) is 2.32. The van der Waals surface area contributed by atoms with Crippen LogP contribution in [-0.4, -0.2) is 24.2 Å². The summed E-state index contributed by atoms with van der Waals surface area (Å²) in [5, 5.41) is 0. The molecule has 0 aromatic carbocycles. The summed E-state index contributed by atoms with van der Waals surface area (Å²) >= 11 is 0. The maximum atomic E-state index is 5.72. The van der Waals surface area contributed by atoms with Crippen LogP contribution in [0.4, 0.5) is 0 Å². The smallest absolute Gasteiger partial charge is 0.157 e. The number of likely N-dealkylation sites (tertiary alicyclic amines) is 1. The van der Waals surface area contributed by atoms with E-state index in [1.807, 2.05) is 6.26 Å². The summed E-state index contributed by atoms with van der Waals surface area (Å²) in [6.45, 7) is 7.00. The minimum Gasteiger partial charge on any atom is -0.482 e. The lowest BCUT2D eigenvalue weighted by molar-refractivity contribution is -0.0846. The van der Waals surface area contributed by atoms with E-state index >= 15 is 0 Å². The van der Waals surface area contributed by atoms with Crippen LogP contribution in [0.1, 0.15) is 33.1 Å². The summed E-state index contributed by atoms with van der Waals surface area (Å²) in [6, 6.07) is 0. The van der Waals surface area contributed by atoms with Crippen molar-refractivity contribution in [1.82, 2.24) is 4.90 Å². The van der Waals surface area contributed by atoms with Crippen LogP contribution in [-0.2, 0) is 4.74 Å². The first-order chi connectivity index (χ1) is 6.20. The Kier molecular flexibility index (Phi) is 2.33. The molecular weight excluding hydrogens is 162 g/mol. The predicted octanol–water partition coefficient (Wildman–Crippen LogP) is 2.37. The van der Waals surface area contributed by atoms with Crippen molar-refractivity contribution in [3.05, 3.63) is 12.3 Å². The number of rotatable bonds is 1. The normalized spacial score (nSPS) is 33.2. The molecule has 2 rings (SSSR count). The highest BCUT2D eigenvalue weighted by Gasteiger charge is 2.37. The molecule has 2 nitrogen and oxygen atoms in total. The highest BCUT2D eigenvalue weighted by atomic mass is 16.5. The van der Waals surface area contributed by atoms with Gasteiger partial charge in [0.05, 0.1) is 6.26 Å². The SMILES string of the molecule is CC1(C)CC=COC1N1CCCC1. The Morgan fingerprint density at radius 2 is 2.00 bits per heavy atom. The lowest BCUT2D eigenvalue weighted by Crippen LogP contribution is -2.46. The fourth-order valence-electron chi connectivity index (χ4n) is 2.32. The largest absolute Gasteiger partial charge is 0.482 e. The molecular formula is C11H19NO. The van der Waals surface area contributed by atoms with E-state index in [4.69, 9.17) is 4.74 Å². The zero-order valence-electron chi connectivity index (χ0n) is 8.62. The van der Waals surface area contributed by atoms with Crippen molar-refractivity contribution in [2.24, 2.45) is 5.41 Å². The maximum Gasteiger partial charge on any atom is 0.157 e. The summed E-state index contributed by atoms with van der Waals surface area (Å²) in [5.74, 6) is 0. The van der Waals surface area contributed by atoms with E-state index in [1.165, 1.54) is 25.9 Å². The molecule has 0 radical (unpaired) electrons. The van der Waals surface area contributed by atoms with Crippen molar-refractivity contribution in [2.45, 2.75) is 39.3 Å². The molecule has 2 heteroatoms. The van der Waals surface area contributed by atoms with E-state index in [9.17, 15) is 0 Å². The average molecular weight is 181 g/mol. The van der Waals surface area contributed by atoms with E-state index in [0.717, 1.165) is 6.42 Å². The van der Waals surface area contributed by atoms with E-state index in [1.54, 1.807) is 0 Å². The second-order valence-corrected chi connectivity index (χ2v) is 4.80. The van der Waals surface area contributed by atoms with Crippen LogP contribution in [0, 0.1) is 5.41 Å². The number of ether oxygens (including phenoxy) is 1. The van der Waals surface area contributed by atoms with Crippen LogP contribution in [0.25, 0.3) is 0 Å². The second kappa shape index (κ2) is 3.33. The lowest BCUT2D eigenvalue weighted by Gasteiger charge is -2.40. The molecule has 1 fully saturated rings. The molecule has 2 aliphatic rings. The Morgan fingerprint density at radius 3 is 2.62 bits per heavy atom. The van der Waals surface area contributed by atoms with Crippen LogP contribution >= 0.6 is 0 Å². The molecule has 13 heavy (non-hydrogen) atoms. The van der Waals surface area contributed by atoms with Crippen molar-refractivity contribution in [2.75, 3.05) is 13.1 Å². The summed E-state index contributed by atoms with van der Waals surface area (Å²) in [5.41, 5.74) is 0.277. The van der Waals surface area contributed by atoms with Gasteiger partial charge in [0.25, 0.3) is 0 Å². The summed E-state index contributed by atoms with van der Waals surface area (Å²) < 4.78 is 5.72. The molecule has 0 spiro atoms. The summed E-state index contributed by atoms with van der Waals surface area (Å²) in [4.78, 5) is 2.48. The van der Waals surface area contributed by atoms with E-state index in [2.05, 4.69) is 24.8 Å². The molecule has 2 aliphatic heterocycles. The van der Waals surface area contributed by atoms with Crippen LogP contribution in [0.5, 0.6) is 0 Å². The molecule has 0 aromatic heterocycles. The van der Waals surface area contributed by atoms with Crippen molar-refractivity contribution in [1.29, 1.82) is 0 Å². The minimum absolute atomic E-state index is 0.277. The molecule has 0 bridgehead atoms. The van der Waals surface area contributed by atoms with Crippen LogP contribution in [0.15, 0.2) is 12.3 Å². The Hall–Kier alpha value is -0.500. The van der Waals surface area contributed by atoms with Gasteiger partial charge in [-0.05, 0) is 25.3 Å². The molecule has 1 atom stereocenters. The van der Waals surface area contributed by atoms with E-state index < -0.39 is 0 Å². The van der Waals surface area contributed by atoms with E-state index in [-0.39, 0.29) is 5.41 Å². The molecule has 0 aliphatic carbocycles. The van der Waals surface area contributed by atoms with Crippen LogP contribution < -0.4 is 0 Å². The minimum atomic E-state index is 0.277. The Bertz CT molecular complexity index is 204. The van der Waals surface area contributed by atoms with Crippen molar-refractivity contribution < 1.29 is 4.74 Å². The molecule has 0 aromatic rings. The average Bonchev–Trinajstić information content (AvgIpc) is 2.55. The van der Waals surface area contributed by atoms with Gasteiger partial charge in [-0.3, -0.25) is 4.90 Å². The van der Waals surface area contributed by atoms with Crippen molar-refractivity contribution >= 4 is 0 Å². The Morgan fingerprint density at radius 1 is 1.31 bits per heavy atom. The van der Waals surface area contributed by atoms with Gasteiger partial charge >= 0.3 is 0 Å². The number of hydrogen-bond acceptors (Lipinski definition) is 2. The quantitative estimate of drug-likeness (QED) is 0.615. The van der Waals surface area contributed by atoms with Gasteiger partial charge in [-0.2, -0.15) is 0 Å². The molecule has 74 valence electrons. The van der Waals surface area contributed by atoms with Gasteiger partial charge in [0, 0.05) is 18.5 Å². The Balaban J connectivity index is 2.07. The van der Waals surface area contributed by atoms with Crippen LogP contribution in [0.3, 0.4) is 0 Å². The first kappa shape index (κ1) is 9.07. The summed E-state index contributed by atoms with van der Waals surface area (Å²) in [7, 11) is 0. The standard InChI is InChI=1S/C11H19NO/c1-11(2)6-5-9-13-10(11)12-7-3-4-8-12/h5,9-10H,3-4,6-8H2,1-2H3. The monoisotopic (exact) mass is 181 g/mol. The van der Waals surface area contributed by atoms with Gasteiger partial charge in [0.15, 0.2) is 6.23 Å². The topological polar surface area (TPSA) is 12.5 Å². The van der Waals surface area contributed by atoms with Crippen molar-refractivity contribution in [3.8, 4) is 0 Å². The van der Waals surface area contributed by atoms with Crippen molar-refractivity contribution in [3.63, 3.8) is 0 Å². The first-order valence-electron chi connectivity index (χ1n) is 5.25. The van der Waals surface area contributed by atoms with Gasteiger partial charge in [0.1, 0.15) is 0 Å². The molecule has 2 heterocycles. The first-order valence-corrected chi connectivity index (χ1v) is 5.25. The van der Waals surface area contributed by atoms with Gasteiger partial charge in [-0.25, -0.2) is 0 Å². The molecule has 0 saturated carbocycles. The summed E-state index contributed by atoms with van der Waals surface area (Å²) in [6.07, 6.45) is 8.11. The fraction of sp³-hybridized carbons (Fsp3) is 0.818. The third-order valence-electron chi connectivity index (χ3n) is 3.09. The zero-order valence-corrected chi connectivity index (χ0v) is 8.62. The maximum absolute atomic E-state index is 5.72. The number of nitrogens with zero attached hydrogens (tertiary/aromatic N) is 1. The van der Waals surface area contributed by atoms with E-state index in [0.29, 0.717) is 6.23 Å². The number of allylic oxidation sites excluding steroid dienone is 1. The predicted molar refractivity (Wildman–Crippen MR) is 53.2 cm³/mol. The van der Waals surface area contributed by atoms with Gasteiger partial charge < -0.3 is 4.74 Å². The molecule has 1 saturated heterocycles. The molecule has 0 amide bonds.